The van der Waals surface area contributed by atoms with Gasteiger partial charge in [-0.3, -0.25) is 0 Å². The van der Waals surface area contributed by atoms with Gasteiger partial charge in [0.2, 0.25) is 0 Å². The fourth-order valence-corrected chi connectivity index (χ4v) is 4.52. The number of para-hydroxylation sites is 1. The van der Waals surface area contributed by atoms with Crippen LogP contribution in [0.5, 0.6) is 0 Å². The first kappa shape index (κ1) is 20.3. The van der Waals surface area contributed by atoms with Crippen LogP contribution in [0.25, 0.3) is 21.5 Å². The van der Waals surface area contributed by atoms with Crippen LogP contribution in [-0.4, -0.2) is 35.8 Å². The topological polar surface area (TPSA) is 59.6 Å². The SMILES string of the molecule is COCCN(Cc1c(-c2cccs2)n(C)c2ccccc12)C(=O)NCc1ccco1. The lowest BCUT2D eigenvalue weighted by Gasteiger charge is -2.23. The fourth-order valence-electron chi connectivity index (χ4n) is 3.69. The van der Waals surface area contributed by atoms with Crippen molar-refractivity contribution in [2.75, 3.05) is 20.3 Å². The van der Waals surface area contributed by atoms with E-state index in [1.165, 1.54) is 4.88 Å². The van der Waals surface area contributed by atoms with Gasteiger partial charge in [-0.15, -0.1) is 11.3 Å². The summed E-state index contributed by atoms with van der Waals surface area (Å²) in [6.07, 6.45) is 1.60. The van der Waals surface area contributed by atoms with E-state index >= 15 is 0 Å². The number of ether oxygens (including phenoxy) is 1. The molecule has 0 unspecified atom stereocenters. The van der Waals surface area contributed by atoms with Crippen LogP contribution < -0.4 is 5.32 Å². The largest absolute Gasteiger partial charge is 0.467 e. The third-order valence-electron chi connectivity index (χ3n) is 5.16. The van der Waals surface area contributed by atoms with Gasteiger partial charge in [0.05, 0.1) is 36.5 Å². The molecule has 1 N–H and O–H groups in total. The Morgan fingerprint density at radius 1 is 1.20 bits per heavy atom. The highest BCUT2D eigenvalue weighted by Gasteiger charge is 2.22. The number of hydrogen-bond acceptors (Lipinski definition) is 4. The van der Waals surface area contributed by atoms with E-state index in [1.54, 1.807) is 29.6 Å². The highest BCUT2D eigenvalue weighted by molar-refractivity contribution is 7.13. The van der Waals surface area contributed by atoms with Crippen molar-refractivity contribution in [1.29, 1.82) is 0 Å². The van der Waals surface area contributed by atoms with Crippen LogP contribution in [0.15, 0.2) is 64.6 Å². The summed E-state index contributed by atoms with van der Waals surface area (Å²) < 4.78 is 12.8. The zero-order valence-corrected chi connectivity index (χ0v) is 17.9. The predicted octanol–water partition coefficient (Wildman–Crippen LogP) is 4.86. The molecule has 2 amide bonds. The number of nitrogens with zero attached hydrogens (tertiary/aromatic N) is 2. The first-order valence-corrected chi connectivity index (χ1v) is 10.7. The lowest BCUT2D eigenvalue weighted by Crippen LogP contribution is -2.41. The second-order valence-electron chi connectivity index (χ2n) is 7.03. The maximum Gasteiger partial charge on any atom is 0.318 e. The Balaban J connectivity index is 1.66. The first-order valence-electron chi connectivity index (χ1n) is 9.83. The van der Waals surface area contributed by atoms with Gasteiger partial charge < -0.3 is 23.9 Å². The predicted molar refractivity (Wildman–Crippen MR) is 119 cm³/mol. The molecule has 0 fully saturated rings. The molecule has 3 heterocycles. The highest BCUT2D eigenvalue weighted by Crippen LogP contribution is 2.36. The van der Waals surface area contributed by atoms with E-state index < -0.39 is 0 Å². The van der Waals surface area contributed by atoms with Crippen LogP contribution in [0.1, 0.15) is 11.3 Å². The molecule has 0 aliphatic heterocycles. The number of carbonyl (C=O) groups excluding carboxylic acids is 1. The van der Waals surface area contributed by atoms with E-state index in [2.05, 4.69) is 46.6 Å². The maximum absolute atomic E-state index is 13.0. The van der Waals surface area contributed by atoms with Crippen molar-refractivity contribution in [1.82, 2.24) is 14.8 Å². The average Bonchev–Trinajstić information content (AvgIpc) is 3.51. The Hall–Kier alpha value is -3.03. The number of aromatic nitrogens is 1. The number of methoxy groups -OCH3 is 1. The third-order valence-corrected chi connectivity index (χ3v) is 6.04. The molecule has 1 aromatic carbocycles. The normalized spacial score (nSPS) is 11.1. The molecule has 0 atom stereocenters. The van der Waals surface area contributed by atoms with Crippen molar-refractivity contribution in [3.8, 4) is 10.6 Å². The molecule has 0 saturated heterocycles. The number of aryl methyl sites for hydroxylation is 1. The third kappa shape index (κ3) is 4.13. The Bertz CT molecular complexity index is 1100. The number of fused-ring (bicyclic) bond motifs is 1. The second kappa shape index (κ2) is 9.19. The van der Waals surface area contributed by atoms with Gasteiger partial charge in [0.15, 0.2) is 0 Å². The number of hydrogen-bond donors (Lipinski definition) is 1. The molecule has 0 saturated carbocycles. The minimum Gasteiger partial charge on any atom is -0.467 e. The Kier molecular flexibility index (Phi) is 6.21. The lowest BCUT2D eigenvalue weighted by molar-refractivity contribution is 0.146. The van der Waals surface area contributed by atoms with Gasteiger partial charge in [0.1, 0.15) is 5.76 Å². The number of furan rings is 1. The summed E-state index contributed by atoms with van der Waals surface area (Å²) in [7, 11) is 3.73. The van der Waals surface area contributed by atoms with E-state index in [0.29, 0.717) is 26.2 Å². The molecular formula is C23H25N3O3S. The van der Waals surface area contributed by atoms with Crippen molar-refractivity contribution in [2.24, 2.45) is 7.05 Å². The van der Waals surface area contributed by atoms with Crippen LogP contribution in [0.4, 0.5) is 4.79 Å². The standard InChI is InChI=1S/C23H25N3O3S/c1-25-20-9-4-3-8-18(20)19(22(25)21-10-6-14-30-21)16-26(11-13-28-2)23(27)24-15-17-7-5-12-29-17/h3-10,12,14H,11,13,15-16H2,1-2H3,(H,24,27). The van der Waals surface area contributed by atoms with Crippen LogP contribution in [-0.2, 0) is 24.9 Å². The van der Waals surface area contributed by atoms with Gasteiger partial charge in [-0.1, -0.05) is 24.3 Å². The molecule has 30 heavy (non-hydrogen) atoms. The number of benzene rings is 1. The lowest BCUT2D eigenvalue weighted by atomic mass is 10.1. The average molecular weight is 424 g/mol. The highest BCUT2D eigenvalue weighted by atomic mass is 32.1. The molecule has 0 radical (unpaired) electrons. The van der Waals surface area contributed by atoms with Gasteiger partial charge in [0, 0.05) is 37.2 Å². The van der Waals surface area contributed by atoms with Crippen LogP contribution in [0.2, 0.25) is 0 Å². The molecule has 4 rings (SSSR count). The van der Waals surface area contributed by atoms with Gasteiger partial charge in [0.25, 0.3) is 0 Å². The molecule has 0 bridgehead atoms. The number of amides is 2. The summed E-state index contributed by atoms with van der Waals surface area (Å²) in [5.41, 5.74) is 3.44. The number of thiophene rings is 1. The van der Waals surface area contributed by atoms with Gasteiger partial charge in [-0.05, 0) is 29.6 Å². The summed E-state index contributed by atoms with van der Waals surface area (Å²) in [6, 6.07) is 16.0. The fraction of sp³-hybridized carbons (Fsp3) is 0.261. The van der Waals surface area contributed by atoms with Crippen molar-refractivity contribution in [3.63, 3.8) is 0 Å². The molecule has 156 valence electrons. The molecule has 0 aliphatic rings. The zero-order chi connectivity index (χ0) is 20.9. The summed E-state index contributed by atoms with van der Waals surface area (Å²) in [6.45, 7) is 1.80. The minimum absolute atomic E-state index is 0.145. The van der Waals surface area contributed by atoms with Crippen molar-refractivity contribution < 1.29 is 13.9 Å². The van der Waals surface area contributed by atoms with E-state index in [9.17, 15) is 4.79 Å². The minimum atomic E-state index is -0.145. The zero-order valence-electron chi connectivity index (χ0n) is 17.1. The van der Waals surface area contributed by atoms with Crippen LogP contribution in [0, 0.1) is 0 Å². The Morgan fingerprint density at radius 2 is 2.07 bits per heavy atom. The summed E-state index contributed by atoms with van der Waals surface area (Å²) >= 11 is 1.70. The summed E-state index contributed by atoms with van der Waals surface area (Å²) in [5, 5.41) is 6.19. The van der Waals surface area contributed by atoms with Gasteiger partial charge in [-0.25, -0.2) is 4.79 Å². The first-order chi connectivity index (χ1) is 14.7. The molecule has 4 aromatic rings. The van der Waals surface area contributed by atoms with Gasteiger partial charge >= 0.3 is 6.03 Å². The smallest absolute Gasteiger partial charge is 0.318 e. The van der Waals surface area contributed by atoms with Crippen LogP contribution >= 0.6 is 11.3 Å². The molecular weight excluding hydrogens is 398 g/mol. The second-order valence-corrected chi connectivity index (χ2v) is 7.98. The van der Waals surface area contributed by atoms with E-state index in [0.717, 1.165) is 27.9 Å². The summed E-state index contributed by atoms with van der Waals surface area (Å²) in [4.78, 5) is 16.0. The molecule has 6 nitrogen and oxygen atoms in total. The van der Waals surface area contributed by atoms with E-state index in [-0.39, 0.29) is 6.03 Å². The van der Waals surface area contributed by atoms with E-state index in [1.807, 2.05) is 24.3 Å². The number of rotatable bonds is 8. The van der Waals surface area contributed by atoms with Crippen LogP contribution in [0.3, 0.4) is 0 Å². The summed E-state index contributed by atoms with van der Waals surface area (Å²) in [5.74, 6) is 0.722. The molecule has 0 aliphatic carbocycles. The van der Waals surface area contributed by atoms with Gasteiger partial charge in [-0.2, -0.15) is 0 Å². The van der Waals surface area contributed by atoms with E-state index in [4.69, 9.17) is 9.15 Å². The van der Waals surface area contributed by atoms with Crippen molar-refractivity contribution >= 4 is 28.3 Å². The maximum atomic E-state index is 13.0. The Labute approximate surface area is 179 Å². The molecule has 3 aromatic heterocycles. The molecule has 0 spiro atoms. The molecule has 7 heteroatoms. The Morgan fingerprint density at radius 3 is 2.80 bits per heavy atom. The van der Waals surface area contributed by atoms with Crippen molar-refractivity contribution in [3.05, 3.63) is 71.5 Å². The quantitative estimate of drug-likeness (QED) is 0.440. The number of urea groups is 1. The van der Waals surface area contributed by atoms with Crippen molar-refractivity contribution in [2.45, 2.75) is 13.1 Å². The number of carbonyl (C=O) groups is 1. The monoisotopic (exact) mass is 423 g/mol. The number of nitrogens with one attached hydrogen (secondary N) is 1.